The zero-order chi connectivity index (χ0) is 29.8. The third-order valence-corrected chi connectivity index (χ3v) is 9.92. The normalized spacial score (nSPS) is 27.6. The maximum atomic E-state index is 11.8. The summed E-state index contributed by atoms with van der Waals surface area (Å²) in [7, 11) is 0. The van der Waals surface area contributed by atoms with E-state index in [0.29, 0.717) is 18.3 Å². The van der Waals surface area contributed by atoms with Crippen LogP contribution in [-0.2, 0) is 14.3 Å². The Morgan fingerprint density at radius 1 is 0.872 bits per heavy atom. The molecule has 0 saturated carbocycles. The Labute approximate surface area is 240 Å². The maximum absolute atomic E-state index is 11.8. The molecule has 0 radical (unpaired) electrons. The number of hydrogen-bond acceptors (Lipinski definition) is 6. The summed E-state index contributed by atoms with van der Waals surface area (Å²) in [5.41, 5.74) is 0.142. The Bertz CT molecular complexity index is 669. The van der Waals surface area contributed by atoms with E-state index in [1.54, 1.807) is 0 Å². The smallest absolute Gasteiger partial charge is 0.186 e. The number of hydrogen-bond donors (Lipinski definition) is 3. The number of carbonyl (C=O) groups excluding carboxylic acids is 1. The summed E-state index contributed by atoms with van der Waals surface area (Å²) >= 11 is 0. The summed E-state index contributed by atoms with van der Waals surface area (Å²) < 4.78 is 11.6. The van der Waals surface area contributed by atoms with Crippen molar-refractivity contribution < 1.29 is 29.6 Å². The predicted molar refractivity (Wildman–Crippen MR) is 159 cm³/mol. The topological polar surface area (TPSA) is 96.2 Å². The van der Waals surface area contributed by atoms with Crippen molar-refractivity contribution in [3.8, 4) is 0 Å². The Balaban J connectivity index is 2.65. The minimum absolute atomic E-state index is 0.00102. The molecule has 9 unspecified atom stereocenters. The SMILES string of the molecule is CCC(C)(CC(C)CCCC(C)C)C(C)(CC=O)CCCC(C)CCC(OC1OCC(O)C(O)C1O)C(C)C. The lowest BCUT2D eigenvalue weighted by atomic mass is 9.57. The zero-order valence-corrected chi connectivity index (χ0v) is 26.8. The molecule has 39 heavy (non-hydrogen) atoms. The summed E-state index contributed by atoms with van der Waals surface area (Å²) in [6.07, 6.45) is 8.36. The van der Waals surface area contributed by atoms with Gasteiger partial charge >= 0.3 is 0 Å². The minimum atomic E-state index is -1.26. The van der Waals surface area contributed by atoms with Crippen molar-refractivity contribution in [2.24, 2.45) is 34.5 Å². The van der Waals surface area contributed by atoms with E-state index in [0.717, 1.165) is 50.7 Å². The van der Waals surface area contributed by atoms with E-state index in [2.05, 4.69) is 62.3 Å². The van der Waals surface area contributed by atoms with Gasteiger partial charge in [-0.25, -0.2) is 0 Å². The molecule has 0 aliphatic carbocycles. The molecule has 0 spiro atoms. The van der Waals surface area contributed by atoms with Crippen LogP contribution < -0.4 is 0 Å². The van der Waals surface area contributed by atoms with Gasteiger partial charge in [-0.1, -0.05) is 101 Å². The molecule has 3 N–H and O–H groups in total. The first-order chi connectivity index (χ1) is 18.2. The Morgan fingerprint density at radius 3 is 2.08 bits per heavy atom. The van der Waals surface area contributed by atoms with Gasteiger partial charge in [0.15, 0.2) is 6.29 Å². The van der Waals surface area contributed by atoms with Crippen molar-refractivity contribution in [2.75, 3.05) is 6.61 Å². The highest BCUT2D eigenvalue weighted by Crippen LogP contribution is 2.52. The van der Waals surface area contributed by atoms with E-state index in [1.165, 1.54) is 25.7 Å². The molecular weight excluding hydrogens is 492 g/mol. The van der Waals surface area contributed by atoms with Gasteiger partial charge in [-0.3, -0.25) is 0 Å². The number of aliphatic hydroxyl groups is 3. The molecule has 0 aromatic heterocycles. The van der Waals surface area contributed by atoms with E-state index in [9.17, 15) is 20.1 Å². The second kappa shape index (κ2) is 17.4. The average molecular weight is 557 g/mol. The van der Waals surface area contributed by atoms with Gasteiger partial charge in [-0.2, -0.15) is 0 Å². The number of ether oxygens (including phenoxy) is 2. The van der Waals surface area contributed by atoms with Crippen LogP contribution in [0.3, 0.4) is 0 Å². The lowest BCUT2D eigenvalue weighted by Gasteiger charge is -2.48. The highest BCUT2D eigenvalue weighted by Gasteiger charge is 2.43. The fraction of sp³-hybridized carbons (Fsp3) is 0.970. The van der Waals surface area contributed by atoms with Crippen LogP contribution in [0.1, 0.15) is 133 Å². The number of aliphatic hydroxyl groups excluding tert-OH is 3. The molecule has 0 aromatic rings. The summed E-state index contributed by atoms with van der Waals surface area (Å²) in [6.45, 7) is 20.5. The van der Waals surface area contributed by atoms with Crippen molar-refractivity contribution in [1.82, 2.24) is 0 Å². The van der Waals surface area contributed by atoms with Crippen molar-refractivity contribution in [2.45, 2.75) is 164 Å². The standard InChI is InChI=1S/C33H64O6/c1-10-32(8,21-26(7)14-11-13-23(2)3)33(9,19-20-34)18-12-15-25(6)16-17-28(24(4)5)39-31-30(37)29(36)27(35)22-38-31/h20,23-31,35-37H,10-19,21-22H2,1-9H3. The lowest BCUT2D eigenvalue weighted by Crippen LogP contribution is -2.54. The van der Waals surface area contributed by atoms with Gasteiger partial charge in [-0.05, 0) is 60.2 Å². The van der Waals surface area contributed by atoms with Crippen molar-refractivity contribution in [1.29, 1.82) is 0 Å². The summed E-state index contributed by atoms with van der Waals surface area (Å²) in [4.78, 5) is 11.8. The molecule has 1 aliphatic rings. The Kier molecular flexibility index (Phi) is 16.3. The van der Waals surface area contributed by atoms with Gasteiger partial charge in [0, 0.05) is 6.42 Å². The van der Waals surface area contributed by atoms with Gasteiger partial charge in [0.2, 0.25) is 0 Å². The Hall–Kier alpha value is -0.530. The van der Waals surface area contributed by atoms with Gasteiger partial charge in [0.1, 0.15) is 24.6 Å². The molecule has 0 aromatic carbocycles. The van der Waals surface area contributed by atoms with Crippen LogP contribution in [0, 0.1) is 34.5 Å². The first-order valence-electron chi connectivity index (χ1n) is 15.9. The van der Waals surface area contributed by atoms with E-state index in [1.807, 2.05) is 0 Å². The van der Waals surface area contributed by atoms with Crippen LogP contribution in [0.4, 0.5) is 0 Å². The molecule has 1 rings (SSSR count). The van der Waals surface area contributed by atoms with E-state index < -0.39 is 24.6 Å². The molecule has 1 aliphatic heterocycles. The molecule has 0 amide bonds. The maximum Gasteiger partial charge on any atom is 0.186 e. The van der Waals surface area contributed by atoms with Crippen molar-refractivity contribution in [3.63, 3.8) is 0 Å². The second-order valence-corrected chi connectivity index (χ2v) is 14.2. The average Bonchev–Trinajstić information content (AvgIpc) is 2.85. The quantitative estimate of drug-likeness (QED) is 0.141. The summed E-state index contributed by atoms with van der Waals surface area (Å²) in [5.74, 6) is 2.18. The van der Waals surface area contributed by atoms with Gasteiger partial charge in [0.25, 0.3) is 0 Å². The van der Waals surface area contributed by atoms with Crippen LogP contribution in [0.2, 0.25) is 0 Å². The van der Waals surface area contributed by atoms with Crippen LogP contribution in [0.15, 0.2) is 0 Å². The summed E-state index contributed by atoms with van der Waals surface area (Å²) in [5, 5.41) is 30.0. The first-order valence-corrected chi connectivity index (χ1v) is 15.9. The monoisotopic (exact) mass is 556 g/mol. The minimum Gasteiger partial charge on any atom is -0.388 e. The van der Waals surface area contributed by atoms with Crippen LogP contribution in [0.25, 0.3) is 0 Å². The molecule has 1 heterocycles. The van der Waals surface area contributed by atoms with Gasteiger partial charge in [-0.15, -0.1) is 0 Å². The third kappa shape index (κ3) is 11.7. The molecule has 6 heteroatoms. The largest absolute Gasteiger partial charge is 0.388 e. The van der Waals surface area contributed by atoms with Crippen molar-refractivity contribution in [3.05, 3.63) is 0 Å². The second-order valence-electron chi connectivity index (χ2n) is 14.2. The number of rotatable bonds is 20. The van der Waals surface area contributed by atoms with Crippen LogP contribution in [0.5, 0.6) is 0 Å². The van der Waals surface area contributed by atoms with E-state index >= 15 is 0 Å². The van der Waals surface area contributed by atoms with Gasteiger partial charge < -0.3 is 29.6 Å². The fourth-order valence-electron chi connectivity index (χ4n) is 6.46. The molecule has 6 nitrogen and oxygen atoms in total. The van der Waals surface area contributed by atoms with Gasteiger partial charge in [0.05, 0.1) is 12.7 Å². The van der Waals surface area contributed by atoms with E-state index in [-0.39, 0.29) is 29.5 Å². The molecule has 9 atom stereocenters. The number of carbonyl (C=O) groups is 1. The molecule has 232 valence electrons. The third-order valence-electron chi connectivity index (χ3n) is 9.92. The highest BCUT2D eigenvalue weighted by molar-refractivity contribution is 5.51. The molecule has 1 saturated heterocycles. The molecular formula is C33H64O6. The Morgan fingerprint density at radius 2 is 1.51 bits per heavy atom. The van der Waals surface area contributed by atoms with Crippen LogP contribution in [-0.4, -0.2) is 58.9 Å². The molecule has 1 fully saturated rings. The van der Waals surface area contributed by atoms with Crippen molar-refractivity contribution >= 4 is 6.29 Å². The summed E-state index contributed by atoms with van der Waals surface area (Å²) in [6, 6.07) is 0. The predicted octanol–water partition coefficient (Wildman–Crippen LogP) is 6.92. The molecule has 0 bridgehead atoms. The first kappa shape index (κ1) is 36.5. The highest BCUT2D eigenvalue weighted by atomic mass is 16.7. The van der Waals surface area contributed by atoms with Crippen LogP contribution >= 0.6 is 0 Å². The lowest BCUT2D eigenvalue weighted by molar-refractivity contribution is -0.286. The van der Waals surface area contributed by atoms with E-state index in [4.69, 9.17) is 9.47 Å². The fourth-order valence-corrected chi connectivity index (χ4v) is 6.46. The zero-order valence-electron chi connectivity index (χ0n) is 26.8. The number of aldehydes is 1.